The Hall–Kier alpha value is -2.32. The molecule has 1 aromatic rings. The second-order valence-corrected chi connectivity index (χ2v) is 4.90. The molecular formula is C16H19N3O2. The van der Waals surface area contributed by atoms with Gasteiger partial charge in [0.15, 0.2) is 0 Å². The van der Waals surface area contributed by atoms with E-state index in [2.05, 4.69) is 22.5 Å². The van der Waals surface area contributed by atoms with E-state index in [1.165, 1.54) is 0 Å². The molecule has 5 nitrogen and oxygen atoms in total. The van der Waals surface area contributed by atoms with E-state index in [0.717, 1.165) is 18.4 Å². The number of amides is 2. The van der Waals surface area contributed by atoms with Gasteiger partial charge in [-0.15, -0.1) is 0 Å². The predicted octanol–water partition coefficient (Wildman–Crippen LogP) is 0.253. The summed E-state index contributed by atoms with van der Waals surface area (Å²) in [5.41, 5.74) is 6.70. The molecule has 1 fully saturated rings. The van der Waals surface area contributed by atoms with Gasteiger partial charge in [0.1, 0.15) is 0 Å². The molecule has 21 heavy (non-hydrogen) atoms. The minimum Gasteiger partial charge on any atom is -0.354 e. The van der Waals surface area contributed by atoms with Crippen LogP contribution in [0.3, 0.4) is 0 Å². The minimum absolute atomic E-state index is 0.0899. The molecule has 5 heteroatoms. The molecule has 0 saturated heterocycles. The van der Waals surface area contributed by atoms with Gasteiger partial charge in [-0.2, -0.15) is 0 Å². The first kappa shape index (κ1) is 15.1. The standard InChI is InChI=1S/C16H19N3O2/c17-9-1-2-12-3-5-13(6-4-12)15(20)18-10-11-19-16(21)14-7-8-14/h3-6,14H,7-11,17H2,(H,18,20)(H,19,21). The van der Waals surface area contributed by atoms with Crippen molar-refractivity contribution in [1.82, 2.24) is 10.6 Å². The molecular weight excluding hydrogens is 266 g/mol. The number of benzene rings is 1. The maximum absolute atomic E-state index is 11.9. The summed E-state index contributed by atoms with van der Waals surface area (Å²) < 4.78 is 0. The quantitative estimate of drug-likeness (QED) is 0.536. The highest BCUT2D eigenvalue weighted by Gasteiger charge is 2.28. The van der Waals surface area contributed by atoms with Crippen LogP contribution in [0.4, 0.5) is 0 Å². The third-order valence-electron chi connectivity index (χ3n) is 3.14. The van der Waals surface area contributed by atoms with Crippen LogP contribution in [0.2, 0.25) is 0 Å². The fourth-order valence-corrected chi connectivity index (χ4v) is 1.81. The Kier molecular flexibility index (Phi) is 5.35. The summed E-state index contributed by atoms with van der Waals surface area (Å²) in [5, 5.41) is 5.57. The van der Waals surface area contributed by atoms with Gasteiger partial charge >= 0.3 is 0 Å². The molecule has 0 bridgehead atoms. The highest BCUT2D eigenvalue weighted by molar-refractivity contribution is 5.94. The molecule has 0 spiro atoms. The fraction of sp³-hybridized carbons (Fsp3) is 0.375. The largest absolute Gasteiger partial charge is 0.354 e. The van der Waals surface area contributed by atoms with Gasteiger partial charge in [0, 0.05) is 30.1 Å². The van der Waals surface area contributed by atoms with Gasteiger partial charge in [-0.1, -0.05) is 11.8 Å². The van der Waals surface area contributed by atoms with Gasteiger partial charge < -0.3 is 16.4 Å². The van der Waals surface area contributed by atoms with Crippen LogP contribution in [-0.2, 0) is 4.79 Å². The van der Waals surface area contributed by atoms with E-state index in [0.29, 0.717) is 25.2 Å². The van der Waals surface area contributed by atoms with Gasteiger partial charge in [-0.25, -0.2) is 0 Å². The number of carbonyl (C=O) groups excluding carboxylic acids is 2. The van der Waals surface area contributed by atoms with Crippen molar-refractivity contribution >= 4 is 11.8 Å². The topological polar surface area (TPSA) is 84.2 Å². The van der Waals surface area contributed by atoms with Crippen molar-refractivity contribution < 1.29 is 9.59 Å². The zero-order chi connectivity index (χ0) is 15.1. The lowest BCUT2D eigenvalue weighted by Gasteiger charge is -2.06. The molecule has 0 radical (unpaired) electrons. The molecule has 0 heterocycles. The third-order valence-corrected chi connectivity index (χ3v) is 3.14. The molecule has 4 N–H and O–H groups in total. The highest BCUT2D eigenvalue weighted by atomic mass is 16.2. The average molecular weight is 285 g/mol. The predicted molar refractivity (Wildman–Crippen MR) is 80.4 cm³/mol. The summed E-state index contributed by atoms with van der Waals surface area (Å²) in [6.07, 6.45) is 1.97. The SMILES string of the molecule is NCC#Cc1ccc(C(=O)NCCNC(=O)C2CC2)cc1. The molecule has 1 aliphatic rings. The van der Waals surface area contributed by atoms with Crippen LogP contribution in [-0.4, -0.2) is 31.4 Å². The average Bonchev–Trinajstić information content (AvgIpc) is 3.34. The zero-order valence-corrected chi connectivity index (χ0v) is 11.8. The van der Waals surface area contributed by atoms with Crippen LogP contribution in [0.15, 0.2) is 24.3 Å². The van der Waals surface area contributed by atoms with E-state index in [1.54, 1.807) is 24.3 Å². The summed E-state index contributed by atoms with van der Waals surface area (Å²) in [7, 11) is 0. The molecule has 0 unspecified atom stereocenters. The maximum atomic E-state index is 11.9. The van der Waals surface area contributed by atoms with E-state index < -0.39 is 0 Å². The first-order chi connectivity index (χ1) is 10.2. The zero-order valence-electron chi connectivity index (χ0n) is 11.8. The van der Waals surface area contributed by atoms with E-state index in [9.17, 15) is 9.59 Å². The van der Waals surface area contributed by atoms with Crippen molar-refractivity contribution in [2.75, 3.05) is 19.6 Å². The summed E-state index contributed by atoms with van der Waals surface area (Å²) in [6.45, 7) is 1.20. The Morgan fingerprint density at radius 1 is 1.14 bits per heavy atom. The van der Waals surface area contributed by atoms with E-state index in [-0.39, 0.29) is 17.7 Å². The van der Waals surface area contributed by atoms with Gasteiger partial charge in [0.2, 0.25) is 5.91 Å². The lowest BCUT2D eigenvalue weighted by atomic mass is 10.1. The van der Waals surface area contributed by atoms with Crippen LogP contribution in [0.5, 0.6) is 0 Å². The van der Waals surface area contributed by atoms with Crippen molar-refractivity contribution in [1.29, 1.82) is 0 Å². The molecule has 1 saturated carbocycles. The van der Waals surface area contributed by atoms with Crippen molar-refractivity contribution in [3.05, 3.63) is 35.4 Å². The lowest BCUT2D eigenvalue weighted by Crippen LogP contribution is -2.35. The van der Waals surface area contributed by atoms with Crippen molar-refractivity contribution in [2.45, 2.75) is 12.8 Å². The molecule has 110 valence electrons. The second-order valence-electron chi connectivity index (χ2n) is 4.90. The van der Waals surface area contributed by atoms with Crippen LogP contribution >= 0.6 is 0 Å². The van der Waals surface area contributed by atoms with Gasteiger partial charge in [-0.3, -0.25) is 9.59 Å². The Bertz CT molecular complexity index is 565. The van der Waals surface area contributed by atoms with Crippen LogP contribution < -0.4 is 16.4 Å². The first-order valence-electron chi connectivity index (χ1n) is 7.05. The normalized spacial score (nSPS) is 13.0. The van der Waals surface area contributed by atoms with Crippen molar-refractivity contribution in [3.63, 3.8) is 0 Å². The molecule has 0 aliphatic heterocycles. The summed E-state index contributed by atoms with van der Waals surface area (Å²) >= 11 is 0. The van der Waals surface area contributed by atoms with Gasteiger partial charge in [0.05, 0.1) is 6.54 Å². The van der Waals surface area contributed by atoms with E-state index in [1.807, 2.05) is 0 Å². The summed E-state index contributed by atoms with van der Waals surface area (Å²) in [6, 6.07) is 7.01. The minimum atomic E-state index is -0.158. The fourth-order valence-electron chi connectivity index (χ4n) is 1.81. The van der Waals surface area contributed by atoms with Gasteiger partial charge in [-0.05, 0) is 37.1 Å². The number of hydrogen-bond donors (Lipinski definition) is 3. The number of nitrogens with one attached hydrogen (secondary N) is 2. The third kappa shape index (κ3) is 4.93. The number of carbonyl (C=O) groups is 2. The van der Waals surface area contributed by atoms with Crippen molar-refractivity contribution in [3.8, 4) is 11.8 Å². The van der Waals surface area contributed by atoms with Crippen LogP contribution in [0.1, 0.15) is 28.8 Å². The number of nitrogens with two attached hydrogens (primary N) is 1. The molecule has 2 amide bonds. The van der Waals surface area contributed by atoms with E-state index in [4.69, 9.17) is 5.73 Å². The molecule has 0 aromatic heterocycles. The first-order valence-corrected chi connectivity index (χ1v) is 7.05. The van der Waals surface area contributed by atoms with Crippen molar-refractivity contribution in [2.24, 2.45) is 11.7 Å². The number of rotatable bonds is 5. The van der Waals surface area contributed by atoms with E-state index >= 15 is 0 Å². The molecule has 1 aliphatic carbocycles. The molecule has 1 aromatic carbocycles. The molecule has 2 rings (SSSR count). The Labute approximate surface area is 124 Å². The van der Waals surface area contributed by atoms with Crippen LogP contribution in [0.25, 0.3) is 0 Å². The number of hydrogen-bond acceptors (Lipinski definition) is 3. The lowest BCUT2D eigenvalue weighted by molar-refractivity contribution is -0.122. The Balaban J connectivity index is 1.73. The maximum Gasteiger partial charge on any atom is 0.251 e. The highest BCUT2D eigenvalue weighted by Crippen LogP contribution is 2.28. The van der Waals surface area contributed by atoms with Gasteiger partial charge in [0.25, 0.3) is 5.91 Å². The Morgan fingerprint density at radius 3 is 2.43 bits per heavy atom. The summed E-state index contributed by atoms with van der Waals surface area (Å²) in [4.78, 5) is 23.3. The van der Waals surface area contributed by atoms with Crippen LogP contribution in [0, 0.1) is 17.8 Å². The second kappa shape index (κ2) is 7.46. The summed E-state index contributed by atoms with van der Waals surface area (Å²) in [5.74, 6) is 5.78. The molecule has 0 atom stereocenters. The smallest absolute Gasteiger partial charge is 0.251 e. The Morgan fingerprint density at radius 2 is 1.81 bits per heavy atom. The monoisotopic (exact) mass is 285 g/mol.